The summed E-state index contributed by atoms with van der Waals surface area (Å²) in [6.07, 6.45) is 1.42. The number of halogens is 1. The number of nitrogens with two attached hydrogens (primary N) is 1. The van der Waals surface area contributed by atoms with Crippen molar-refractivity contribution < 1.29 is 9.53 Å². The molecule has 1 amide bonds. The molecule has 0 fully saturated rings. The van der Waals surface area contributed by atoms with Gasteiger partial charge in [0.15, 0.2) is 0 Å². The highest BCUT2D eigenvalue weighted by atomic mass is 35.5. The number of amides is 1. The largest absolute Gasteiger partial charge is 0.495 e. The van der Waals surface area contributed by atoms with Gasteiger partial charge in [-0.1, -0.05) is 11.6 Å². The minimum Gasteiger partial charge on any atom is -0.495 e. The van der Waals surface area contributed by atoms with Crippen LogP contribution in [0.25, 0.3) is 0 Å². The fraction of sp³-hybridized carbons (Fsp3) is 0.167. The molecular weight excluding hydrogens is 268 g/mol. The van der Waals surface area contributed by atoms with Crippen LogP contribution in [0.2, 0.25) is 5.02 Å². The van der Waals surface area contributed by atoms with Gasteiger partial charge in [-0.2, -0.15) is 5.10 Å². The zero-order valence-electron chi connectivity index (χ0n) is 10.5. The first-order chi connectivity index (χ1) is 9.02. The highest BCUT2D eigenvalue weighted by molar-refractivity contribution is 6.31. The van der Waals surface area contributed by atoms with E-state index in [4.69, 9.17) is 22.1 Å². The number of carbonyl (C=O) groups is 1. The fourth-order valence-electron chi connectivity index (χ4n) is 1.69. The number of nitrogen functional groups attached to an aromatic ring is 1. The lowest BCUT2D eigenvalue weighted by Crippen LogP contribution is -2.18. The van der Waals surface area contributed by atoms with Gasteiger partial charge in [-0.15, -0.1) is 0 Å². The minimum atomic E-state index is -0.377. The Morgan fingerprint density at radius 3 is 2.84 bits per heavy atom. The van der Waals surface area contributed by atoms with Crippen LogP contribution < -0.4 is 15.8 Å². The number of nitrogens with one attached hydrogen (secondary N) is 1. The van der Waals surface area contributed by atoms with Crippen LogP contribution in [0.5, 0.6) is 5.75 Å². The Balaban J connectivity index is 2.31. The average molecular weight is 281 g/mol. The number of methoxy groups -OCH3 is 1. The Kier molecular flexibility index (Phi) is 3.62. The smallest absolute Gasteiger partial charge is 0.276 e. The van der Waals surface area contributed by atoms with Crippen LogP contribution in [0.1, 0.15) is 10.5 Å². The maximum Gasteiger partial charge on any atom is 0.276 e. The molecule has 1 aromatic carbocycles. The molecule has 19 heavy (non-hydrogen) atoms. The molecule has 7 heteroatoms. The maximum atomic E-state index is 12.1. The van der Waals surface area contributed by atoms with Crippen LogP contribution in [0.15, 0.2) is 24.4 Å². The quantitative estimate of drug-likeness (QED) is 0.900. The van der Waals surface area contributed by atoms with E-state index in [1.54, 1.807) is 25.2 Å². The van der Waals surface area contributed by atoms with E-state index in [0.29, 0.717) is 22.1 Å². The molecule has 0 bridgehead atoms. The highest BCUT2D eigenvalue weighted by Crippen LogP contribution is 2.28. The van der Waals surface area contributed by atoms with Crippen LogP contribution in [0.4, 0.5) is 11.4 Å². The maximum absolute atomic E-state index is 12.1. The fourth-order valence-corrected chi connectivity index (χ4v) is 1.86. The molecule has 0 aliphatic heterocycles. The summed E-state index contributed by atoms with van der Waals surface area (Å²) >= 11 is 5.90. The van der Waals surface area contributed by atoms with Gasteiger partial charge in [-0.25, -0.2) is 0 Å². The lowest BCUT2D eigenvalue weighted by molar-refractivity contribution is 0.101. The molecule has 2 aromatic rings. The number of ether oxygens (including phenoxy) is 1. The summed E-state index contributed by atoms with van der Waals surface area (Å²) in [5.74, 6) is 0.136. The third-order valence-corrected chi connectivity index (χ3v) is 2.83. The van der Waals surface area contributed by atoms with E-state index in [2.05, 4.69) is 10.4 Å². The van der Waals surface area contributed by atoms with Crippen molar-refractivity contribution >= 4 is 28.9 Å². The molecule has 0 radical (unpaired) electrons. The van der Waals surface area contributed by atoms with Gasteiger partial charge in [0.25, 0.3) is 5.91 Å². The second-order valence-corrected chi connectivity index (χ2v) is 4.31. The van der Waals surface area contributed by atoms with Crippen molar-refractivity contribution in [3.05, 3.63) is 35.1 Å². The Bertz CT molecular complexity index is 605. The topological polar surface area (TPSA) is 82.2 Å². The van der Waals surface area contributed by atoms with Gasteiger partial charge < -0.3 is 15.8 Å². The molecule has 1 aromatic heterocycles. The number of rotatable bonds is 3. The van der Waals surface area contributed by atoms with Crippen molar-refractivity contribution in [2.24, 2.45) is 7.05 Å². The number of aryl methyl sites for hydroxylation is 1. The summed E-state index contributed by atoms with van der Waals surface area (Å²) in [6, 6.07) is 4.95. The molecule has 1 heterocycles. The van der Waals surface area contributed by atoms with Crippen LogP contribution >= 0.6 is 11.6 Å². The number of benzene rings is 1. The Morgan fingerprint density at radius 1 is 1.53 bits per heavy atom. The molecule has 0 saturated heterocycles. The van der Waals surface area contributed by atoms with Crippen molar-refractivity contribution in [2.75, 3.05) is 18.2 Å². The van der Waals surface area contributed by atoms with Gasteiger partial charge in [0.2, 0.25) is 0 Å². The summed E-state index contributed by atoms with van der Waals surface area (Å²) in [4.78, 5) is 12.1. The zero-order chi connectivity index (χ0) is 14.0. The first-order valence-electron chi connectivity index (χ1n) is 5.45. The minimum absolute atomic E-state index is 0.280. The molecule has 0 unspecified atom stereocenters. The Morgan fingerprint density at radius 2 is 2.26 bits per heavy atom. The lowest BCUT2D eigenvalue weighted by Gasteiger charge is -2.11. The predicted octanol–water partition coefficient (Wildman–Crippen LogP) is 1.92. The Labute approximate surface area is 115 Å². The van der Waals surface area contributed by atoms with Gasteiger partial charge in [0.1, 0.15) is 11.4 Å². The third-order valence-electron chi connectivity index (χ3n) is 2.59. The summed E-state index contributed by atoms with van der Waals surface area (Å²) in [6.45, 7) is 0. The third kappa shape index (κ3) is 2.63. The van der Waals surface area contributed by atoms with Gasteiger partial charge in [-0.3, -0.25) is 9.48 Å². The number of hydrogen-bond donors (Lipinski definition) is 2. The monoisotopic (exact) mass is 280 g/mol. The van der Waals surface area contributed by atoms with E-state index < -0.39 is 0 Å². The normalized spacial score (nSPS) is 10.3. The molecule has 0 saturated carbocycles. The van der Waals surface area contributed by atoms with E-state index in [1.807, 2.05) is 0 Å². The summed E-state index contributed by atoms with van der Waals surface area (Å²) in [5, 5.41) is 7.10. The van der Waals surface area contributed by atoms with Crippen LogP contribution in [-0.2, 0) is 7.05 Å². The van der Waals surface area contributed by atoms with Gasteiger partial charge in [-0.05, 0) is 18.2 Å². The van der Waals surface area contributed by atoms with Crippen LogP contribution in [0.3, 0.4) is 0 Å². The van der Waals surface area contributed by atoms with E-state index in [-0.39, 0.29) is 11.6 Å². The predicted molar refractivity (Wildman–Crippen MR) is 73.6 cm³/mol. The first-order valence-corrected chi connectivity index (χ1v) is 5.83. The molecule has 6 nitrogen and oxygen atoms in total. The van der Waals surface area contributed by atoms with Crippen LogP contribution in [0, 0.1) is 0 Å². The molecule has 0 atom stereocenters. The SMILES string of the molecule is COc1ccc(Cl)cc1NC(=O)c1c(N)cnn1C. The number of carbonyl (C=O) groups excluding carboxylic acids is 1. The Hall–Kier alpha value is -2.21. The molecule has 0 aliphatic rings. The zero-order valence-corrected chi connectivity index (χ0v) is 11.2. The first kappa shape index (κ1) is 13.2. The second-order valence-electron chi connectivity index (χ2n) is 3.87. The summed E-state index contributed by atoms with van der Waals surface area (Å²) < 4.78 is 6.56. The van der Waals surface area contributed by atoms with Gasteiger partial charge >= 0.3 is 0 Å². The van der Waals surface area contributed by atoms with Crippen molar-refractivity contribution in [3.63, 3.8) is 0 Å². The molecule has 2 rings (SSSR count). The molecule has 0 aliphatic carbocycles. The van der Waals surface area contributed by atoms with E-state index in [9.17, 15) is 4.79 Å². The van der Waals surface area contributed by atoms with Gasteiger partial charge in [0, 0.05) is 12.1 Å². The standard InChI is InChI=1S/C12H13ClN4O2/c1-17-11(8(14)6-15-17)12(18)16-9-5-7(13)3-4-10(9)19-2/h3-6H,14H2,1-2H3,(H,16,18). The van der Waals surface area contributed by atoms with E-state index in [0.717, 1.165) is 0 Å². The summed E-state index contributed by atoms with van der Waals surface area (Å²) in [5.41, 5.74) is 6.75. The second kappa shape index (κ2) is 5.19. The molecule has 100 valence electrons. The van der Waals surface area contributed by atoms with Crippen molar-refractivity contribution in [1.29, 1.82) is 0 Å². The van der Waals surface area contributed by atoms with Crippen molar-refractivity contribution in [2.45, 2.75) is 0 Å². The number of nitrogens with zero attached hydrogens (tertiary/aromatic N) is 2. The van der Waals surface area contributed by atoms with Crippen molar-refractivity contribution in [3.8, 4) is 5.75 Å². The molecular formula is C12H13ClN4O2. The van der Waals surface area contributed by atoms with E-state index in [1.165, 1.54) is 18.0 Å². The van der Waals surface area contributed by atoms with E-state index >= 15 is 0 Å². The van der Waals surface area contributed by atoms with Crippen LogP contribution in [-0.4, -0.2) is 22.8 Å². The number of aromatic nitrogens is 2. The lowest BCUT2D eigenvalue weighted by atomic mass is 10.2. The highest BCUT2D eigenvalue weighted by Gasteiger charge is 2.16. The summed E-state index contributed by atoms with van der Waals surface area (Å²) in [7, 11) is 3.15. The average Bonchev–Trinajstić information content (AvgIpc) is 2.69. The molecule has 0 spiro atoms. The number of anilines is 2. The van der Waals surface area contributed by atoms with Crippen molar-refractivity contribution in [1.82, 2.24) is 9.78 Å². The van der Waals surface area contributed by atoms with Gasteiger partial charge in [0.05, 0.1) is 24.7 Å². The molecule has 3 N–H and O–H groups in total. The number of hydrogen-bond acceptors (Lipinski definition) is 4.